The number of hydrogen-bond acceptors (Lipinski definition) is 3. The Balaban J connectivity index is 2.77. The van der Waals surface area contributed by atoms with Crippen molar-refractivity contribution >= 4 is 5.78 Å². The molecule has 0 atom stereocenters. The summed E-state index contributed by atoms with van der Waals surface area (Å²) in [5.41, 5.74) is 0.476. The number of carbonyl (C=O) groups excluding carboxylic acids is 1. The van der Waals surface area contributed by atoms with Crippen LogP contribution in [0.5, 0.6) is 0 Å². The first-order chi connectivity index (χ1) is 7.34. The van der Waals surface area contributed by atoms with Gasteiger partial charge >= 0.3 is 6.18 Å². The lowest BCUT2D eigenvalue weighted by molar-refractivity contribution is -0.145. The number of allylic oxidation sites excluding steroid dienone is 2. The van der Waals surface area contributed by atoms with Gasteiger partial charge in [0.05, 0.1) is 0 Å². The number of hydrogen-bond donors (Lipinski definition) is 0. The van der Waals surface area contributed by atoms with Crippen LogP contribution in [0.3, 0.4) is 0 Å². The number of alkyl halides is 3. The maximum Gasteiger partial charge on any atom is 0.453 e. The van der Waals surface area contributed by atoms with Gasteiger partial charge in [-0.25, -0.2) is 9.67 Å². The van der Waals surface area contributed by atoms with Crippen LogP contribution in [0.2, 0.25) is 0 Å². The molecular formula is C9H10F3N3O. The SMILES string of the molecule is C/C=C(\C)C(=O)Cn1cnc(C(F)(F)F)n1. The summed E-state index contributed by atoms with van der Waals surface area (Å²) < 4.78 is 37.3. The Hall–Kier alpha value is -1.66. The second kappa shape index (κ2) is 4.46. The van der Waals surface area contributed by atoms with Crippen LogP contribution < -0.4 is 0 Å². The molecule has 0 amide bonds. The third-order valence-electron chi connectivity index (χ3n) is 1.97. The molecule has 0 saturated heterocycles. The molecule has 4 nitrogen and oxygen atoms in total. The Morgan fingerprint density at radius 3 is 2.62 bits per heavy atom. The fourth-order valence-electron chi connectivity index (χ4n) is 0.934. The molecule has 1 rings (SSSR count). The number of halogens is 3. The molecule has 1 aromatic rings. The summed E-state index contributed by atoms with van der Waals surface area (Å²) in [6.45, 7) is 3.03. The molecule has 0 N–H and O–H groups in total. The van der Waals surface area contributed by atoms with Crippen LogP contribution >= 0.6 is 0 Å². The molecule has 1 heterocycles. The van der Waals surface area contributed by atoms with Crippen LogP contribution in [-0.2, 0) is 17.5 Å². The number of carbonyl (C=O) groups is 1. The minimum absolute atomic E-state index is 0.237. The van der Waals surface area contributed by atoms with Crippen molar-refractivity contribution in [3.05, 3.63) is 23.8 Å². The Bertz CT molecular complexity index is 420. The summed E-state index contributed by atoms with van der Waals surface area (Å²) in [7, 11) is 0. The van der Waals surface area contributed by atoms with Crippen LogP contribution in [0.15, 0.2) is 18.0 Å². The summed E-state index contributed by atoms with van der Waals surface area (Å²) in [5.74, 6) is -1.53. The maximum atomic E-state index is 12.1. The van der Waals surface area contributed by atoms with Gasteiger partial charge in [0.15, 0.2) is 5.78 Å². The Labute approximate surface area is 89.8 Å². The molecule has 0 aliphatic carbocycles. The molecule has 0 radical (unpaired) electrons. The second-order valence-electron chi connectivity index (χ2n) is 3.16. The van der Waals surface area contributed by atoms with Crippen LogP contribution in [0.1, 0.15) is 19.7 Å². The molecule has 0 aliphatic rings. The second-order valence-corrected chi connectivity index (χ2v) is 3.16. The first-order valence-corrected chi connectivity index (χ1v) is 4.47. The van der Waals surface area contributed by atoms with Crippen molar-refractivity contribution in [1.29, 1.82) is 0 Å². The van der Waals surface area contributed by atoms with E-state index >= 15 is 0 Å². The van der Waals surface area contributed by atoms with Gasteiger partial charge in [-0.2, -0.15) is 13.2 Å². The van der Waals surface area contributed by atoms with Crippen LogP contribution in [0.4, 0.5) is 13.2 Å². The van der Waals surface area contributed by atoms with E-state index in [-0.39, 0.29) is 12.3 Å². The monoisotopic (exact) mass is 233 g/mol. The fraction of sp³-hybridized carbons (Fsp3) is 0.444. The van der Waals surface area contributed by atoms with Crippen molar-refractivity contribution in [2.45, 2.75) is 26.6 Å². The predicted molar refractivity (Wildman–Crippen MR) is 49.5 cm³/mol. The predicted octanol–water partition coefficient (Wildman–Crippen LogP) is 1.83. The summed E-state index contributed by atoms with van der Waals surface area (Å²) >= 11 is 0. The molecule has 88 valence electrons. The average Bonchev–Trinajstić information content (AvgIpc) is 2.64. The van der Waals surface area contributed by atoms with Crippen molar-refractivity contribution in [2.24, 2.45) is 0 Å². The minimum atomic E-state index is -4.58. The molecule has 1 aromatic heterocycles. The molecule has 0 saturated carbocycles. The first kappa shape index (κ1) is 12.4. The highest BCUT2D eigenvalue weighted by Crippen LogP contribution is 2.25. The van der Waals surface area contributed by atoms with E-state index in [9.17, 15) is 18.0 Å². The first-order valence-electron chi connectivity index (χ1n) is 4.47. The molecule has 16 heavy (non-hydrogen) atoms. The van der Waals surface area contributed by atoms with Crippen molar-refractivity contribution in [2.75, 3.05) is 0 Å². The highest BCUT2D eigenvalue weighted by molar-refractivity contribution is 5.94. The number of aromatic nitrogens is 3. The molecule has 0 aliphatic heterocycles. The molecular weight excluding hydrogens is 223 g/mol. The van der Waals surface area contributed by atoms with Crippen molar-refractivity contribution in [3.63, 3.8) is 0 Å². The molecule has 7 heteroatoms. The van der Waals surface area contributed by atoms with E-state index < -0.39 is 12.0 Å². The van der Waals surface area contributed by atoms with Gasteiger partial charge in [0.1, 0.15) is 12.9 Å². The smallest absolute Gasteiger partial charge is 0.292 e. The van der Waals surface area contributed by atoms with Crippen molar-refractivity contribution in [1.82, 2.24) is 14.8 Å². The highest BCUT2D eigenvalue weighted by Gasteiger charge is 2.35. The largest absolute Gasteiger partial charge is 0.453 e. The molecule has 0 spiro atoms. The van der Waals surface area contributed by atoms with E-state index in [4.69, 9.17) is 0 Å². The van der Waals surface area contributed by atoms with Gasteiger partial charge in [0.25, 0.3) is 5.82 Å². The van der Waals surface area contributed by atoms with E-state index in [0.29, 0.717) is 5.57 Å². The lowest BCUT2D eigenvalue weighted by Crippen LogP contribution is -2.13. The summed E-state index contributed by atoms with van der Waals surface area (Å²) in [4.78, 5) is 14.4. The van der Waals surface area contributed by atoms with Gasteiger partial charge in [0.2, 0.25) is 0 Å². The van der Waals surface area contributed by atoms with Crippen molar-refractivity contribution < 1.29 is 18.0 Å². The standard InChI is InChI=1S/C9H10F3N3O/c1-3-6(2)7(16)4-15-5-13-8(14-15)9(10,11)12/h3,5H,4H2,1-2H3/b6-3+. The van der Waals surface area contributed by atoms with Gasteiger partial charge in [-0.3, -0.25) is 4.79 Å². The van der Waals surface area contributed by atoms with E-state index in [1.807, 2.05) is 0 Å². The Kier molecular flexibility index (Phi) is 3.46. The third-order valence-corrected chi connectivity index (χ3v) is 1.97. The molecule has 0 fully saturated rings. The Morgan fingerprint density at radius 1 is 1.56 bits per heavy atom. The zero-order chi connectivity index (χ0) is 12.3. The zero-order valence-electron chi connectivity index (χ0n) is 8.75. The van der Waals surface area contributed by atoms with Crippen LogP contribution in [0.25, 0.3) is 0 Å². The summed E-state index contributed by atoms with van der Waals surface area (Å²) in [6.07, 6.45) is -2.10. The van der Waals surface area contributed by atoms with E-state index in [1.165, 1.54) is 0 Å². The summed E-state index contributed by atoms with van der Waals surface area (Å²) in [6, 6.07) is 0. The van der Waals surface area contributed by atoms with Crippen molar-refractivity contribution in [3.8, 4) is 0 Å². The maximum absolute atomic E-state index is 12.1. The number of nitrogens with zero attached hydrogens (tertiary/aromatic N) is 3. The van der Waals surface area contributed by atoms with E-state index in [0.717, 1.165) is 11.0 Å². The number of Topliss-reactive ketones (excluding diaryl/α,β-unsaturated/α-hetero) is 1. The van der Waals surface area contributed by atoms with Gasteiger partial charge < -0.3 is 0 Å². The summed E-state index contributed by atoms with van der Waals surface area (Å²) in [5, 5.41) is 3.17. The van der Waals surface area contributed by atoms with E-state index in [1.54, 1.807) is 19.9 Å². The number of rotatable bonds is 3. The van der Waals surface area contributed by atoms with Gasteiger partial charge in [-0.05, 0) is 19.4 Å². The fourth-order valence-corrected chi connectivity index (χ4v) is 0.934. The van der Waals surface area contributed by atoms with Gasteiger partial charge in [-0.1, -0.05) is 6.08 Å². The van der Waals surface area contributed by atoms with Gasteiger partial charge in [-0.15, -0.1) is 5.10 Å². The lowest BCUT2D eigenvalue weighted by Gasteiger charge is -2.01. The Morgan fingerprint density at radius 2 is 2.19 bits per heavy atom. The normalized spacial score (nSPS) is 12.9. The zero-order valence-corrected chi connectivity index (χ0v) is 8.75. The van der Waals surface area contributed by atoms with Crippen LogP contribution in [-0.4, -0.2) is 20.5 Å². The van der Waals surface area contributed by atoms with Crippen LogP contribution in [0, 0.1) is 0 Å². The van der Waals surface area contributed by atoms with E-state index in [2.05, 4.69) is 10.1 Å². The molecule has 0 aromatic carbocycles. The third kappa shape index (κ3) is 2.91. The molecule has 0 unspecified atom stereocenters. The average molecular weight is 233 g/mol. The topological polar surface area (TPSA) is 47.8 Å². The minimum Gasteiger partial charge on any atom is -0.292 e. The molecule has 0 bridgehead atoms. The lowest BCUT2D eigenvalue weighted by atomic mass is 10.2. The highest BCUT2D eigenvalue weighted by atomic mass is 19.4. The number of ketones is 1. The quantitative estimate of drug-likeness (QED) is 0.748. The van der Waals surface area contributed by atoms with Gasteiger partial charge in [0, 0.05) is 0 Å².